The van der Waals surface area contributed by atoms with E-state index in [-0.39, 0.29) is 24.0 Å². The second-order valence-electron chi connectivity index (χ2n) is 6.85. The highest BCUT2D eigenvalue weighted by Crippen LogP contribution is 2.31. The number of ether oxygens (including phenoxy) is 1. The SMILES string of the molecule is O=C1COC2(CCN(C(=O)c3ccsc3)CC2)CN1Cc1ccccn1. The van der Waals surface area contributed by atoms with Crippen LogP contribution in [0.4, 0.5) is 0 Å². The first kappa shape index (κ1) is 17.2. The van der Waals surface area contributed by atoms with E-state index < -0.39 is 0 Å². The molecule has 2 aliphatic heterocycles. The van der Waals surface area contributed by atoms with Gasteiger partial charge in [-0.3, -0.25) is 14.6 Å². The maximum atomic E-state index is 12.5. The Labute approximate surface area is 156 Å². The molecule has 6 nitrogen and oxygen atoms in total. The van der Waals surface area contributed by atoms with E-state index in [0.29, 0.717) is 26.2 Å². The third-order valence-electron chi connectivity index (χ3n) is 5.14. The summed E-state index contributed by atoms with van der Waals surface area (Å²) in [6.45, 7) is 2.47. The summed E-state index contributed by atoms with van der Waals surface area (Å²) in [5, 5.41) is 3.81. The van der Waals surface area contributed by atoms with Crippen molar-refractivity contribution in [3.8, 4) is 0 Å². The highest BCUT2D eigenvalue weighted by atomic mass is 32.1. The fraction of sp³-hybridized carbons (Fsp3) is 0.421. The van der Waals surface area contributed by atoms with Crippen LogP contribution in [0.2, 0.25) is 0 Å². The molecule has 0 radical (unpaired) electrons. The summed E-state index contributed by atoms with van der Waals surface area (Å²) < 4.78 is 5.96. The number of nitrogens with zero attached hydrogens (tertiary/aromatic N) is 3. The predicted octanol–water partition coefficient (Wildman–Crippen LogP) is 2.18. The zero-order chi connectivity index (χ0) is 18.0. The van der Waals surface area contributed by atoms with E-state index in [9.17, 15) is 9.59 Å². The second kappa shape index (κ2) is 7.17. The minimum atomic E-state index is -0.353. The van der Waals surface area contributed by atoms with Gasteiger partial charge < -0.3 is 14.5 Å². The number of amides is 2. The van der Waals surface area contributed by atoms with E-state index in [1.165, 1.54) is 11.3 Å². The van der Waals surface area contributed by atoms with Crippen molar-refractivity contribution in [2.24, 2.45) is 0 Å². The van der Waals surface area contributed by atoms with Gasteiger partial charge in [0.1, 0.15) is 6.61 Å². The fourth-order valence-corrected chi connectivity index (χ4v) is 4.24. The fourth-order valence-electron chi connectivity index (χ4n) is 3.61. The number of likely N-dealkylation sites (tertiary alicyclic amines) is 1. The van der Waals surface area contributed by atoms with E-state index in [4.69, 9.17) is 4.74 Å². The number of piperidine rings is 1. The van der Waals surface area contributed by atoms with Crippen LogP contribution in [-0.2, 0) is 16.1 Å². The Morgan fingerprint density at radius 2 is 2.12 bits per heavy atom. The normalized spacial score (nSPS) is 19.8. The molecule has 0 aliphatic carbocycles. The van der Waals surface area contributed by atoms with Crippen LogP contribution in [-0.4, -0.2) is 58.4 Å². The Balaban J connectivity index is 1.40. The van der Waals surface area contributed by atoms with Gasteiger partial charge >= 0.3 is 0 Å². The molecule has 2 aromatic rings. The van der Waals surface area contributed by atoms with E-state index in [2.05, 4.69) is 4.98 Å². The van der Waals surface area contributed by atoms with Gasteiger partial charge in [0.2, 0.25) is 5.91 Å². The largest absolute Gasteiger partial charge is 0.363 e. The maximum Gasteiger partial charge on any atom is 0.254 e. The molecule has 1 spiro atoms. The van der Waals surface area contributed by atoms with E-state index >= 15 is 0 Å². The summed E-state index contributed by atoms with van der Waals surface area (Å²) in [4.78, 5) is 32.8. The second-order valence-corrected chi connectivity index (χ2v) is 7.63. The molecule has 2 amide bonds. The van der Waals surface area contributed by atoms with Gasteiger partial charge in [0, 0.05) is 24.7 Å². The minimum absolute atomic E-state index is 0.00180. The molecule has 0 saturated carbocycles. The minimum Gasteiger partial charge on any atom is -0.363 e. The number of hydrogen-bond donors (Lipinski definition) is 0. The van der Waals surface area contributed by atoms with Crippen LogP contribution in [0.3, 0.4) is 0 Å². The summed E-state index contributed by atoms with van der Waals surface area (Å²) in [6, 6.07) is 7.59. The molecule has 4 heterocycles. The van der Waals surface area contributed by atoms with Gasteiger partial charge in [0.15, 0.2) is 0 Å². The van der Waals surface area contributed by atoms with Gasteiger partial charge in [-0.05, 0) is 36.4 Å². The number of rotatable bonds is 3. The predicted molar refractivity (Wildman–Crippen MR) is 97.8 cm³/mol. The molecule has 136 valence electrons. The molecule has 7 heteroatoms. The maximum absolute atomic E-state index is 12.5. The zero-order valence-corrected chi connectivity index (χ0v) is 15.3. The first-order chi connectivity index (χ1) is 12.7. The number of aromatic nitrogens is 1. The standard InChI is InChI=1S/C19H21N3O3S/c23-17-12-25-19(14-22(17)11-16-3-1-2-7-20-16)5-8-21(9-6-19)18(24)15-4-10-26-13-15/h1-4,7,10,13H,5-6,8-9,11-12,14H2. The lowest BCUT2D eigenvalue weighted by atomic mass is 9.89. The highest BCUT2D eigenvalue weighted by molar-refractivity contribution is 7.08. The molecule has 0 atom stereocenters. The van der Waals surface area contributed by atoms with Crippen molar-refractivity contribution < 1.29 is 14.3 Å². The van der Waals surface area contributed by atoms with Gasteiger partial charge in [0.05, 0.1) is 29.9 Å². The zero-order valence-electron chi connectivity index (χ0n) is 14.5. The highest BCUT2D eigenvalue weighted by Gasteiger charge is 2.43. The lowest BCUT2D eigenvalue weighted by Gasteiger charge is -2.46. The van der Waals surface area contributed by atoms with Crippen LogP contribution in [0.15, 0.2) is 41.2 Å². The molecule has 4 rings (SSSR count). The Hall–Kier alpha value is -2.25. The van der Waals surface area contributed by atoms with Crippen molar-refractivity contribution in [2.75, 3.05) is 26.2 Å². The van der Waals surface area contributed by atoms with Crippen molar-refractivity contribution >= 4 is 23.2 Å². The van der Waals surface area contributed by atoms with Crippen molar-refractivity contribution in [1.29, 1.82) is 0 Å². The molecule has 2 aliphatic rings. The third kappa shape index (κ3) is 3.50. The summed E-state index contributed by atoms with van der Waals surface area (Å²) >= 11 is 1.53. The molecular weight excluding hydrogens is 350 g/mol. The number of thiophene rings is 1. The number of morpholine rings is 1. The van der Waals surface area contributed by atoms with E-state index in [1.807, 2.05) is 44.8 Å². The Kier molecular flexibility index (Phi) is 4.74. The van der Waals surface area contributed by atoms with Crippen LogP contribution in [0.25, 0.3) is 0 Å². The number of hydrogen-bond acceptors (Lipinski definition) is 5. The van der Waals surface area contributed by atoms with Gasteiger partial charge in [-0.1, -0.05) is 6.07 Å². The van der Waals surface area contributed by atoms with E-state index in [1.54, 1.807) is 6.20 Å². The molecule has 26 heavy (non-hydrogen) atoms. The average Bonchev–Trinajstić information content (AvgIpc) is 3.21. The summed E-state index contributed by atoms with van der Waals surface area (Å²) in [5.41, 5.74) is 1.28. The Morgan fingerprint density at radius 1 is 1.27 bits per heavy atom. The number of carbonyl (C=O) groups is 2. The van der Waals surface area contributed by atoms with Gasteiger partial charge in [-0.2, -0.15) is 11.3 Å². The van der Waals surface area contributed by atoms with Crippen LogP contribution >= 0.6 is 11.3 Å². The van der Waals surface area contributed by atoms with Crippen LogP contribution in [0, 0.1) is 0 Å². The monoisotopic (exact) mass is 371 g/mol. The smallest absolute Gasteiger partial charge is 0.254 e. The average molecular weight is 371 g/mol. The molecule has 0 N–H and O–H groups in total. The number of pyridine rings is 1. The molecule has 2 saturated heterocycles. The molecule has 0 aromatic carbocycles. The molecule has 2 aromatic heterocycles. The summed E-state index contributed by atoms with van der Waals surface area (Å²) in [6.07, 6.45) is 3.23. The van der Waals surface area contributed by atoms with Gasteiger partial charge in [-0.25, -0.2) is 0 Å². The van der Waals surface area contributed by atoms with Crippen LogP contribution in [0.1, 0.15) is 28.9 Å². The Morgan fingerprint density at radius 3 is 2.81 bits per heavy atom. The number of carbonyl (C=O) groups excluding carboxylic acids is 2. The van der Waals surface area contributed by atoms with Crippen LogP contribution < -0.4 is 0 Å². The molecular formula is C19H21N3O3S. The third-order valence-corrected chi connectivity index (χ3v) is 5.83. The lowest BCUT2D eigenvalue weighted by Crippen LogP contribution is -2.59. The van der Waals surface area contributed by atoms with Crippen molar-refractivity contribution in [2.45, 2.75) is 25.0 Å². The van der Waals surface area contributed by atoms with Gasteiger partial charge in [0.25, 0.3) is 5.91 Å². The van der Waals surface area contributed by atoms with Crippen LogP contribution in [0.5, 0.6) is 0 Å². The molecule has 2 fully saturated rings. The first-order valence-corrected chi connectivity index (χ1v) is 9.73. The molecule has 0 bridgehead atoms. The van der Waals surface area contributed by atoms with E-state index in [0.717, 1.165) is 24.1 Å². The quantitative estimate of drug-likeness (QED) is 0.830. The molecule has 0 unspecified atom stereocenters. The lowest BCUT2D eigenvalue weighted by molar-refractivity contribution is -0.171. The first-order valence-electron chi connectivity index (χ1n) is 8.78. The Bertz CT molecular complexity index is 771. The summed E-state index contributed by atoms with van der Waals surface area (Å²) in [7, 11) is 0. The summed E-state index contributed by atoms with van der Waals surface area (Å²) in [5.74, 6) is 0.0800. The van der Waals surface area contributed by atoms with Crippen molar-refractivity contribution in [1.82, 2.24) is 14.8 Å². The topological polar surface area (TPSA) is 62.7 Å². The van der Waals surface area contributed by atoms with Crippen molar-refractivity contribution in [3.05, 3.63) is 52.5 Å². The van der Waals surface area contributed by atoms with Gasteiger partial charge in [-0.15, -0.1) is 0 Å². The van der Waals surface area contributed by atoms with Crippen molar-refractivity contribution in [3.63, 3.8) is 0 Å².